The van der Waals surface area contributed by atoms with Gasteiger partial charge in [0, 0.05) is 6.04 Å². The summed E-state index contributed by atoms with van der Waals surface area (Å²) in [6.45, 7) is 10.1. The lowest BCUT2D eigenvalue weighted by Gasteiger charge is -2.10. The summed E-state index contributed by atoms with van der Waals surface area (Å²) in [5, 5.41) is 0. The highest BCUT2D eigenvalue weighted by molar-refractivity contribution is 5.65. The van der Waals surface area contributed by atoms with Crippen molar-refractivity contribution in [1.82, 2.24) is 0 Å². The van der Waals surface area contributed by atoms with E-state index in [9.17, 15) is 0 Å². The minimum Gasteiger partial charge on any atom is -0.324 e. The van der Waals surface area contributed by atoms with Gasteiger partial charge in [0.15, 0.2) is 0 Å². The molecule has 0 aromatic heterocycles. The third kappa shape index (κ3) is 2.19. The van der Waals surface area contributed by atoms with Crippen LogP contribution in [0.1, 0.15) is 36.6 Å². The molecule has 0 saturated heterocycles. The Morgan fingerprint density at radius 2 is 2.08 bits per heavy atom. The molecule has 1 aromatic carbocycles. The Bertz CT molecular complexity index is 324. The van der Waals surface area contributed by atoms with Crippen LogP contribution in [0.2, 0.25) is 0 Å². The Morgan fingerprint density at radius 1 is 1.46 bits per heavy atom. The zero-order chi connectivity index (χ0) is 10.0. The molecule has 0 spiro atoms. The zero-order valence-corrected chi connectivity index (χ0v) is 8.59. The summed E-state index contributed by atoms with van der Waals surface area (Å²) in [4.78, 5) is 0. The van der Waals surface area contributed by atoms with E-state index in [4.69, 9.17) is 5.73 Å². The number of rotatable bonds is 2. The van der Waals surface area contributed by atoms with Crippen LogP contribution >= 0.6 is 0 Å². The highest BCUT2D eigenvalue weighted by Gasteiger charge is 2.03. The van der Waals surface area contributed by atoms with Crippen molar-refractivity contribution in [3.8, 4) is 0 Å². The zero-order valence-electron chi connectivity index (χ0n) is 8.59. The average Bonchev–Trinajstić information content (AvgIpc) is 2.04. The van der Waals surface area contributed by atoms with Crippen LogP contribution in [0, 0.1) is 6.92 Å². The molecule has 1 rings (SSSR count). The van der Waals surface area contributed by atoms with Crippen LogP contribution in [0.15, 0.2) is 24.8 Å². The smallest absolute Gasteiger partial charge is 0.0266 e. The fourth-order valence-corrected chi connectivity index (χ4v) is 1.38. The average molecular weight is 175 g/mol. The quantitative estimate of drug-likeness (QED) is 0.734. The van der Waals surface area contributed by atoms with Crippen molar-refractivity contribution in [3.63, 3.8) is 0 Å². The summed E-state index contributed by atoms with van der Waals surface area (Å²) in [5.41, 5.74) is 10.5. The third-order valence-corrected chi connectivity index (χ3v) is 2.25. The van der Waals surface area contributed by atoms with E-state index in [1.165, 1.54) is 16.7 Å². The predicted octanol–water partition coefficient (Wildman–Crippen LogP) is 3.05. The molecule has 0 heterocycles. The van der Waals surface area contributed by atoms with E-state index < -0.39 is 0 Å². The lowest BCUT2D eigenvalue weighted by molar-refractivity contribution is 0.817. The van der Waals surface area contributed by atoms with Gasteiger partial charge in [-0.15, -0.1) is 0 Å². The number of nitrogens with two attached hydrogens (primary N) is 1. The molecule has 1 heteroatoms. The Labute approximate surface area is 80.3 Å². The number of hydrogen-bond donors (Lipinski definition) is 1. The molecule has 2 N–H and O–H groups in total. The van der Waals surface area contributed by atoms with Crippen molar-refractivity contribution in [2.75, 3.05) is 0 Å². The summed E-state index contributed by atoms with van der Waals surface area (Å²) < 4.78 is 0. The topological polar surface area (TPSA) is 26.0 Å². The number of benzene rings is 1. The Kier molecular flexibility index (Phi) is 2.89. The normalized spacial score (nSPS) is 12.6. The fraction of sp³-hybridized carbons (Fsp3) is 0.333. The molecule has 0 aliphatic carbocycles. The van der Waals surface area contributed by atoms with E-state index in [0.717, 1.165) is 5.57 Å². The summed E-state index contributed by atoms with van der Waals surface area (Å²) in [7, 11) is 0. The number of hydrogen-bond acceptors (Lipinski definition) is 1. The van der Waals surface area contributed by atoms with Gasteiger partial charge in [0.05, 0.1) is 0 Å². The van der Waals surface area contributed by atoms with Gasteiger partial charge in [0.1, 0.15) is 0 Å². The minimum absolute atomic E-state index is 0.0960. The molecule has 1 atom stereocenters. The lowest BCUT2D eigenvalue weighted by Crippen LogP contribution is -2.05. The molecule has 1 unspecified atom stereocenters. The second kappa shape index (κ2) is 3.75. The largest absolute Gasteiger partial charge is 0.324 e. The number of allylic oxidation sites excluding steroid dienone is 1. The molecular weight excluding hydrogens is 158 g/mol. The molecule has 0 radical (unpaired) electrons. The molecule has 70 valence electrons. The molecule has 0 saturated carbocycles. The van der Waals surface area contributed by atoms with E-state index in [2.05, 4.69) is 31.7 Å². The first kappa shape index (κ1) is 10.0. The Hall–Kier alpha value is -1.08. The van der Waals surface area contributed by atoms with Gasteiger partial charge in [-0.1, -0.05) is 24.3 Å². The summed E-state index contributed by atoms with van der Waals surface area (Å²) in [6.07, 6.45) is 0. The van der Waals surface area contributed by atoms with Gasteiger partial charge in [-0.2, -0.15) is 0 Å². The van der Waals surface area contributed by atoms with E-state index >= 15 is 0 Å². The molecule has 0 aliphatic rings. The predicted molar refractivity (Wildman–Crippen MR) is 58.5 cm³/mol. The van der Waals surface area contributed by atoms with Gasteiger partial charge in [-0.3, -0.25) is 0 Å². The maximum absolute atomic E-state index is 5.80. The van der Waals surface area contributed by atoms with Crippen molar-refractivity contribution in [1.29, 1.82) is 0 Å². The van der Waals surface area contributed by atoms with Crippen molar-refractivity contribution in [2.45, 2.75) is 26.8 Å². The van der Waals surface area contributed by atoms with Crippen LogP contribution in [0.5, 0.6) is 0 Å². The molecule has 0 aliphatic heterocycles. The van der Waals surface area contributed by atoms with Crippen LogP contribution in [-0.2, 0) is 0 Å². The van der Waals surface area contributed by atoms with E-state index in [1.54, 1.807) is 0 Å². The fourth-order valence-electron chi connectivity index (χ4n) is 1.38. The second-order valence-electron chi connectivity index (χ2n) is 3.64. The summed E-state index contributed by atoms with van der Waals surface area (Å²) in [5.74, 6) is 0. The van der Waals surface area contributed by atoms with Crippen molar-refractivity contribution < 1.29 is 0 Å². The van der Waals surface area contributed by atoms with Crippen LogP contribution in [0.25, 0.3) is 5.57 Å². The Balaban J connectivity index is 3.19. The third-order valence-electron chi connectivity index (χ3n) is 2.25. The monoisotopic (exact) mass is 175 g/mol. The van der Waals surface area contributed by atoms with Gasteiger partial charge in [-0.05, 0) is 43.5 Å². The first-order chi connectivity index (χ1) is 6.02. The highest BCUT2D eigenvalue weighted by Crippen LogP contribution is 2.20. The maximum Gasteiger partial charge on any atom is 0.0266 e. The molecule has 1 nitrogen and oxygen atoms in total. The number of aryl methyl sites for hydroxylation is 1. The summed E-state index contributed by atoms with van der Waals surface area (Å²) >= 11 is 0. The highest BCUT2D eigenvalue weighted by atomic mass is 14.6. The van der Waals surface area contributed by atoms with Crippen LogP contribution < -0.4 is 5.73 Å². The van der Waals surface area contributed by atoms with Crippen molar-refractivity contribution in [2.24, 2.45) is 5.73 Å². The first-order valence-electron chi connectivity index (χ1n) is 4.54. The first-order valence-corrected chi connectivity index (χ1v) is 4.54. The van der Waals surface area contributed by atoms with Crippen LogP contribution in [0.4, 0.5) is 0 Å². The van der Waals surface area contributed by atoms with Gasteiger partial charge >= 0.3 is 0 Å². The van der Waals surface area contributed by atoms with Crippen LogP contribution in [0.3, 0.4) is 0 Å². The van der Waals surface area contributed by atoms with Gasteiger partial charge in [-0.25, -0.2) is 0 Å². The molecular formula is C12H17N. The van der Waals surface area contributed by atoms with Gasteiger partial charge < -0.3 is 5.73 Å². The Morgan fingerprint density at radius 3 is 2.54 bits per heavy atom. The van der Waals surface area contributed by atoms with E-state index in [0.29, 0.717) is 0 Å². The van der Waals surface area contributed by atoms with Gasteiger partial charge in [0.25, 0.3) is 0 Å². The van der Waals surface area contributed by atoms with Crippen molar-refractivity contribution in [3.05, 3.63) is 41.5 Å². The molecule has 1 aromatic rings. The SMILES string of the molecule is C=C(C)c1cc(C(C)N)ccc1C. The molecule has 13 heavy (non-hydrogen) atoms. The second-order valence-corrected chi connectivity index (χ2v) is 3.64. The minimum atomic E-state index is 0.0960. The molecule has 0 bridgehead atoms. The van der Waals surface area contributed by atoms with Crippen LogP contribution in [-0.4, -0.2) is 0 Å². The molecule has 0 fully saturated rings. The van der Waals surface area contributed by atoms with E-state index in [1.807, 2.05) is 13.8 Å². The standard InChI is InChI=1S/C12H17N/c1-8(2)12-7-11(10(4)13)6-5-9(12)3/h5-7,10H,1,13H2,2-4H3. The van der Waals surface area contributed by atoms with E-state index in [-0.39, 0.29) is 6.04 Å². The lowest BCUT2D eigenvalue weighted by atomic mass is 9.98. The summed E-state index contributed by atoms with van der Waals surface area (Å²) in [6, 6.07) is 6.40. The molecule has 0 amide bonds. The van der Waals surface area contributed by atoms with Gasteiger partial charge in [0.2, 0.25) is 0 Å². The van der Waals surface area contributed by atoms with Crippen molar-refractivity contribution >= 4 is 5.57 Å². The maximum atomic E-state index is 5.80.